The quantitative estimate of drug-likeness (QED) is 0.0261. The molecule has 1 aliphatic rings. The molecule has 0 spiro atoms. The Morgan fingerprint density at radius 2 is 0.812 bits per heavy atom. The van der Waals surface area contributed by atoms with Gasteiger partial charge >= 0.3 is 0 Å². The Balaban J connectivity index is 2.17. The lowest BCUT2D eigenvalue weighted by atomic mass is 9.99. The van der Waals surface area contributed by atoms with Gasteiger partial charge in [-0.05, 0) is 38.5 Å². The molecule has 6 N–H and O–H groups in total. The fraction of sp³-hybridized carbons (Fsp3) is 0.950. The summed E-state index contributed by atoms with van der Waals surface area (Å²) in [5.74, 6) is -0.140. The Hall–Kier alpha value is -1.07. The fourth-order valence-corrected chi connectivity index (χ4v) is 10.0. The van der Waals surface area contributed by atoms with E-state index in [-0.39, 0.29) is 12.5 Å². The van der Waals surface area contributed by atoms with Gasteiger partial charge in [-0.2, -0.15) is 0 Å². The molecule has 9 heteroatoms. The van der Waals surface area contributed by atoms with Gasteiger partial charge in [0.2, 0.25) is 5.91 Å². The summed E-state index contributed by atoms with van der Waals surface area (Å²) in [7, 11) is 0. The van der Waals surface area contributed by atoms with Crippen LogP contribution in [0.2, 0.25) is 0 Å². The Labute approximate surface area is 426 Å². The van der Waals surface area contributed by atoms with E-state index in [0.29, 0.717) is 12.8 Å². The zero-order chi connectivity index (χ0) is 50.1. The van der Waals surface area contributed by atoms with Crippen molar-refractivity contribution in [3.63, 3.8) is 0 Å². The highest BCUT2D eigenvalue weighted by Crippen LogP contribution is 2.23. The van der Waals surface area contributed by atoms with E-state index in [2.05, 4.69) is 31.3 Å². The number of amides is 1. The average Bonchev–Trinajstić information content (AvgIpc) is 3.35. The highest BCUT2D eigenvalue weighted by molar-refractivity contribution is 5.76. The van der Waals surface area contributed by atoms with Crippen molar-refractivity contribution in [3.8, 4) is 0 Å². The molecule has 1 aliphatic heterocycles. The van der Waals surface area contributed by atoms with Crippen molar-refractivity contribution in [3.05, 3.63) is 12.2 Å². The van der Waals surface area contributed by atoms with Crippen molar-refractivity contribution < 1.29 is 39.8 Å². The summed E-state index contributed by atoms with van der Waals surface area (Å²) >= 11 is 0. The van der Waals surface area contributed by atoms with Gasteiger partial charge in [-0.25, -0.2) is 0 Å². The Kier molecular flexibility index (Phi) is 48.2. The molecule has 0 aromatic heterocycles. The Morgan fingerprint density at radius 1 is 0.478 bits per heavy atom. The molecule has 0 saturated carbocycles. The first-order valence-corrected chi connectivity index (χ1v) is 30.4. The predicted molar refractivity (Wildman–Crippen MR) is 291 cm³/mol. The van der Waals surface area contributed by atoms with Crippen molar-refractivity contribution in [1.29, 1.82) is 0 Å². The number of ether oxygens (including phenoxy) is 2. The van der Waals surface area contributed by atoms with Gasteiger partial charge in [-0.3, -0.25) is 4.79 Å². The van der Waals surface area contributed by atoms with E-state index in [1.165, 1.54) is 244 Å². The lowest BCUT2D eigenvalue weighted by molar-refractivity contribution is -0.302. The summed E-state index contributed by atoms with van der Waals surface area (Å²) in [5, 5.41) is 54.7. The molecule has 1 rings (SSSR count). The maximum atomic E-state index is 13.1. The number of rotatable bonds is 53. The Bertz CT molecular complexity index is 1090. The molecule has 0 radical (unpaired) electrons. The van der Waals surface area contributed by atoms with E-state index < -0.39 is 49.5 Å². The van der Waals surface area contributed by atoms with Crippen LogP contribution in [0.25, 0.3) is 0 Å². The van der Waals surface area contributed by atoms with Crippen molar-refractivity contribution in [2.45, 2.75) is 352 Å². The van der Waals surface area contributed by atoms with E-state index in [1.54, 1.807) is 0 Å². The minimum Gasteiger partial charge on any atom is -0.394 e. The number of aliphatic hydroxyl groups is 5. The molecule has 1 amide bonds. The maximum Gasteiger partial charge on any atom is 0.220 e. The number of hydrogen-bond acceptors (Lipinski definition) is 8. The molecule has 0 aromatic rings. The predicted octanol–water partition coefficient (Wildman–Crippen LogP) is 15.2. The van der Waals surface area contributed by atoms with E-state index in [1.807, 2.05) is 0 Å². The largest absolute Gasteiger partial charge is 0.394 e. The first-order valence-electron chi connectivity index (χ1n) is 30.4. The third-order valence-corrected chi connectivity index (χ3v) is 14.9. The number of nitrogens with one attached hydrogen (secondary N) is 1. The van der Waals surface area contributed by atoms with Crippen LogP contribution in [0, 0.1) is 0 Å². The smallest absolute Gasteiger partial charge is 0.220 e. The van der Waals surface area contributed by atoms with Gasteiger partial charge < -0.3 is 40.3 Å². The van der Waals surface area contributed by atoms with Crippen molar-refractivity contribution in [2.75, 3.05) is 13.2 Å². The molecule has 410 valence electrons. The van der Waals surface area contributed by atoms with Crippen molar-refractivity contribution in [1.82, 2.24) is 5.32 Å². The average molecular weight is 981 g/mol. The van der Waals surface area contributed by atoms with E-state index >= 15 is 0 Å². The summed E-state index contributed by atoms with van der Waals surface area (Å²) in [5.41, 5.74) is 0. The lowest BCUT2D eigenvalue weighted by Crippen LogP contribution is -2.60. The van der Waals surface area contributed by atoms with Crippen molar-refractivity contribution >= 4 is 5.91 Å². The minimum atomic E-state index is -1.55. The van der Waals surface area contributed by atoms with Gasteiger partial charge in [0, 0.05) is 6.42 Å². The summed E-state index contributed by atoms with van der Waals surface area (Å²) in [4.78, 5) is 13.1. The fourth-order valence-electron chi connectivity index (χ4n) is 10.0. The second kappa shape index (κ2) is 50.5. The number of allylic oxidation sites excluding steroid dienone is 2. The lowest BCUT2D eigenvalue weighted by Gasteiger charge is -2.40. The SMILES string of the molecule is CCCCCCCCCCCCCC/C=C\CCCCCCCCCCCCC(=O)NC(COC1OC(CO)C(O)C(O)C1O)C(O)CCCCCCCCCCCCCCCCCCCCCC. The molecule has 69 heavy (non-hydrogen) atoms. The van der Waals surface area contributed by atoms with Crippen molar-refractivity contribution in [2.24, 2.45) is 0 Å². The second-order valence-corrected chi connectivity index (χ2v) is 21.5. The second-order valence-electron chi connectivity index (χ2n) is 21.5. The normalized spacial score (nSPS) is 19.4. The summed E-state index contributed by atoms with van der Waals surface area (Å²) in [6.45, 7) is 3.88. The topological polar surface area (TPSA) is 149 Å². The monoisotopic (exact) mass is 980 g/mol. The number of hydrogen-bond donors (Lipinski definition) is 6. The number of carbonyl (C=O) groups is 1. The van der Waals surface area contributed by atoms with E-state index in [4.69, 9.17) is 9.47 Å². The van der Waals surface area contributed by atoms with Gasteiger partial charge in [-0.15, -0.1) is 0 Å². The van der Waals surface area contributed by atoms with Gasteiger partial charge in [-0.1, -0.05) is 276 Å². The maximum absolute atomic E-state index is 13.1. The zero-order valence-corrected chi connectivity index (χ0v) is 45.6. The Morgan fingerprint density at radius 3 is 1.17 bits per heavy atom. The van der Waals surface area contributed by atoms with Crippen LogP contribution in [0.1, 0.15) is 309 Å². The van der Waals surface area contributed by atoms with Crippen LogP contribution < -0.4 is 5.32 Å². The number of carbonyl (C=O) groups excluding carboxylic acids is 1. The molecule has 0 aromatic carbocycles. The van der Waals surface area contributed by atoms with Crippen LogP contribution in [-0.4, -0.2) is 87.5 Å². The minimum absolute atomic E-state index is 0.134. The molecular weight excluding hydrogens is 863 g/mol. The van der Waals surface area contributed by atoms with Crippen LogP contribution in [0.4, 0.5) is 0 Å². The molecular formula is C60H117NO8. The van der Waals surface area contributed by atoms with E-state index in [9.17, 15) is 30.3 Å². The molecule has 7 unspecified atom stereocenters. The summed E-state index contributed by atoms with van der Waals surface area (Å²) in [6, 6.07) is -0.717. The van der Waals surface area contributed by atoms with Gasteiger partial charge in [0.25, 0.3) is 0 Å². The first-order chi connectivity index (χ1) is 33.8. The summed E-state index contributed by atoms with van der Waals surface area (Å²) in [6.07, 6.45) is 55.3. The third kappa shape index (κ3) is 40.1. The zero-order valence-electron chi connectivity index (χ0n) is 45.6. The number of unbranched alkanes of at least 4 members (excludes halogenated alkanes) is 41. The molecule has 1 saturated heterocycles. The molecule has 1 heterocycles. The summed E-state index contributed by atoms with van der Waals surface area (Å²) < 4.78 is 11.3. The third-order valence-electron chi connectivity index (χ3n) is 14.9. The van der Waals surface area contributed by atoms with Gasteiger partial charge in [0.05, 0.1) is 25.4 Å². The molecule has 9 nitrogen and oxygen atoms in total. The highest BCUT2D eigenvalue weighted by Gasteiger charge is 2.44. The molecule has 1 fully saturated rings. The van der Waals surface area contributed by atoms with Gasteiger partial charge in [0.1, 0.15) is 24.4 Å². The highest BCUT2D eigenvalue weighted by atomic mass is 16.7. The molecule has 7 atom stereocenters. The van der Waals surface area contributed by atoms with Gasteiger partial charge in [0.15, 0.2) is 6.29 Å². The van der Waals surface area contributed by atoms with Crippen LogP contribution in [-0.2, 0) is 14.3 Å². The standard InChI is InChI=1S/C60H117NO8/c1-3-5-7-9-11-13-15-17-19-21-23-25-26-27-28-29-30-32-34-36-38-40-42-44-46-48-50-56(64)61-53(52-68-60-59(67)58(66)57(65)55(51-62)69-60)54(63)49-47-45-43-41-39-37-35-33-31-24-22-20-18-16-14-12-10-8-6-4-2/h27-28,53-55,57-60,62-63,65-67H,3-26,29-52H2,1-2H3,(H,61,64)/b28-27-. The first kappa shape index (κ1) is 65.9. The molecule has 0 aliphatic carbocycles. The number of aliphatic hydroxyl groups excluding tert-OH is 5. The van der Waals surface area contributed by atoms with Crippen LogP contribution >= 0.6 is 0 Å². The van der Waals surface area contributed by atoms with Crippen LogP contribution in [0.3, 0.4) is 0 Å². The van der Waals surface area contributed by atoms with Crippen LogP contribution in [0.5, 0.6) is 0 Å². The van der Waals surface area contributed by atoms with Crippen LogP contribution in [0.15, 0.2) is 12.2 Å². The van der Waals surface area contributed by atoms with E-state index in [0.717, 1.165) is 38.5 Å². The molecule has 0 bridgehead atoms.